The van der Waals surface area contributed by atoms with Crippen molar-refractivity contribution in [3.05, 3.63) is 34.2 Å². The molecule has 0 bridgehead atoms. The summed E-state index contributed by atoms with van der Waals surface area (Å²) in [4.78, 5) is 23.7. The first-order chi connectivity index (χ1) is 8.08. The van der Waals surface area contributed by atoms with Crippen LogP contribution in [0.3, 0.4) is 0 Å². The summed E-state index contributed by atoms with van der Waals surface area (Å²) in [6.45, 7) is 1.10. The molecule has 0 aliphatic carbocycles. The molecule has 0 unspecified atom stereocenters. The van der Waals surface area contributed by atoms with Gasteiger partial charge in [0.05, 0.1) is 0 Å². The molecule has 1 aliphatic rings. The Kier molecular flexibility index (Phi) is 3.17. The van der Waals surface area contributed by atoms with Crippen molar-refractivity contribution in [2.24, 2.45) is 7.05 Å². The lowest BCUT2D eigenvalue weighted by Crippen LogP contribution is -2.37. The third kappa shape index (κ3) is 2.49. The highest BCUT2D eigenvalue weighted by Crippen LogP contribution is 2.26. The second kappa shape index (κ2) is 4.61. The number of piperidine rings is 1. The molecular formula is C12H16N2O3. The average molecular weight is 236 g/mol. The van der Waals surface area contributed by atoms with Crippen molar-refractivity contribution in [3.8, 4) is 0 Å². The maximum atomic E-state index is 11.5. The lowest BCUT2D eigenvalue weighted by Gasteiger charge is -2.30. The Hall–Kier alpha value is -1.78. The van der Waals surface area contributed by atoms with Crippen molar-refractivity contribution in [2.75, 3.05) is 13.1 Å². The number of hydrogen-bond donors (Lipinski definition) is 1. The molecule has 0 atom stereocenters. The summed E-state index contributed by atoms with van der Waals surface area (Å²) in [7, 11) is 1.72. The summed E-state index contributed by atoms with van der Waals surface area (Å²) in [5, 5.41) is 8.85. The van der Waals surface area contributed by atoms with Crippen LogP contribution in [0.25, 0.3) is 0 Å². The van der Waals surface area contributed by atoms with Crippen LogP contribution in [0.2, 0.25) is 0 Å². The first kappa shape index (κ1) is 11.7. The molecule has 17 heavy (non-hydrogen) atoms. The van der Waals surface area contributed by atoms with Crippen molar-refractivity contribution in [1.82, 2.24) is 9.47 Å². The Morgan fingerprint density at radius 3 is 2.59 bits per heavy atom. The second-order valence-electron chi connectivity index (χ2n) is 4.45. The topological polar surface area (TPSA) is 62.5 Å². The summed E-state index contributed by atoms with van der Waals surface area (Å²) in [5.74, 6) is 0.305. The van der Waals surface area contributed by atoms with Crippen molar-refractivity contribution in [1.29, 1.82) is 0 Å². The molecule has 92 valence electrons. The number of aromatic nitrogens is 1. The first-order valence-corrected chi connectivity index (χ1v) is 5.72. The molecule has 2 rings (SSSR count). The summed E-state index contributed by atoms with van der Waals surface area (Å²) >= 11 is 0. The summed E-state index contributed by atoms with van der Waals surface area (Å²) in [6, 6.07) is 3.60. The van der Waals surface area contributed by atoms with E-state index in [0.29, 0.717) is 19.0 Å². The van der Waals surface area contributed by atoms with Crippen LogP contribution in [-0.2, 0) is 7.05 Å². The molecule has 1 fully saturated rings. The molecular weight excluding hydrogens is 220 g/mol. The quantitative estimate of drug-likeness (QED) is 0.798. The van der Waals surface area contributed by atoms with E-state index >= 15 is 0 Å². The van der Waals surface area contributed by atoms with E-state index in [1.54, 1.807) is 19.3 Å². The molecule has 1 saturated heterocycles. The van der Waals surface area contributed by atoms with Crippen LogP contribution in [-0.4, -0.2) is 33.8 Å². The van der Waals surface area contributed by atoms with Crippen LogP contribution in [0.1, 0.15) is 24.3 Å². The molecule has 1 aromatic heterocycles. The van der Waals surface area contributed by atoms with Gasteiger partial charge in [0, 0.05) is 32.4 Å². The van der Waals surface area contributed by atoms with E-state index in [9.17, 15) is 9.59 Å². The van der Waals surface area contributed by atoms with Crippen molar-refractivity contribution >= 4 is 6.09 Å². The van der Waals surface area contributed by atoms with Crippen molar-refractivity contribution in [3.63, 3.8) is 0 Å². The highest BCUT2D eigenvalue weighted by molar-refractivity contribution is 5.65. The average Bonchev–Trinajstić information content (AvgIpc) is 2.33. The lowest BCUT2D eigenvalue weighted by atomic mass is 9.90. The SMILES string of the molecule is Cn1ccc(C2CCN(C(=O)O)CC2)cc1=O. The Labute approximate surface area is 99.3 Å². The van der Waals surface area contributed by atoms with Gasteiger partial charge in [-0.2, -0.15) is 0 Å². The smallest absolute Gasteiger partial charge is 0.407 e. The number of carboxylic acid groups (broad SMARTS) is 1. The van der Waals surface area contributed by atoms with E-state index in [0.717, 1.165) is 18.4 Å². The van der Waals surface area contributed by atoms with Gasteiger partial charge in [-0.25, -0.2) is 4.79 Å². The van der Waals surface area contributed by atoms with E-state index in [1.807, 2.05) is 6.07 Å². The van der Waals surface area contributed by atoms with Crippen molar-refractivity contribution < 1.29 is 9.90 Å². The summed E-state index contributed by atoms with van der Waals surface area (Å²) in [6.07, 6.45) is 2.49. The number of aryl methyl sites for hydroxylation is 1. The number of nitrogens with zero attached hydrogens (tertiary/aromatic N) is 2. The molecule has 0 spiro atoms. The van der Waals surface area contributed by atoms with Crippen LogP contribution in [0, 0.1) is 0 Å². The third-order valence-corrected chi connectivity index (χ3v) is 3.37. The number of amides is 1. The third-order valence-electron chi connectivity index (χ3n) is 3.37. The van der Waals surface area contributed by atoms with Gasteiger partial charge in [-0.3, -0.25) is 4.79 Å². The molecule has 1 aromatic rings. The molecule has 1 N–H and O–H groups in total. The van der Waals surface area contributed by atoms with Crippen LogP contribution >= 0.6 is 0 Å². The van der Waals surface area contributed by atoms with Gasteiger partial charge in [0.2, 0.25) is 0 Å². The Morgan fingerprint density at radius 2 is 2.06 bits per heavy atom. The Morgan fingerprint density at radius 1 is 1.41 bits per heavy atom. The second-order valence-corrected chi connectivity index (χ2v) is 4.45. The number of rotatable bonds is 1. The minimum absolute atomic E-state index is 0.0110. The molecule has 1 amide bonds. The maximum Gasteiger partial charge on any atom is 0.407 e. The number of hydrogen-bond acceptors (Lipinski definition) is 2. The molecule has 5 nitrogen and oxygen atoms in total. The van der Waals surface area contributed by atoms with Crippen LogP contribution in [0.5, 0.6) is 0 Å². The number of pyridine rings is 1. The molecule has 2 heterocycles. The zero-order valence-electron chi connectivity index (χ0n) is 9.80. The number of carbonyl (C=O) groups is 1. The van der Waals surface area contributed by atoms with Gasteiger partial charge in [0.1, 0.15) is 0 Å². The van der Waals surface area contributed by atoms with Crippen molar-refractivity contribution in [2.45, 2.75) is 18.8 Å². The van der Waals surface area contributed by atoms with E-state index in [1.165, 1.54) is 9.47 Å². The van der Waals surface area contributed by atoms with E-state index < -0.39 is 6.09 Å². The standard InChI is InChI=1S/C12H16N2O3/c1-13-5-2-10(8-11(13)15)9-3-6-14(7-4-9)12(16)17/h2,5,8-9H,3-4,6-7H2,1H3,(H,16,17). The fourth-order valence-electron chi connectivity index (χ4n) is 2.22. The molecule has 5 heteroatoms. The molecule has 0 saturated carbocycles. The highest BCUT2D eigenvalue weighted by Gasteiger charge is 2.23. The minimum atomic E-state index is -0.854. The monoisotopic (exact) mass is 236 g/mol. The largest absolute Gasteiger partial charge is 0.465 e. The van der Waals surface area contributed by atoms with Crippen LogP contribution in [0.4, 0.5) is 4.79 Å². The van der Waals surface area contributed by atoms with Gasteiger partial charge in [-0.05, 0) is 30.4 Å². The zero-order valence-corrected chi connectivity index (χ0v) is 9.80. The van der Waals surface area contributed by atoms with Gasteiger partial charge >= 0.3 is 6.09 Å². The van der Waals surface area contributed by atoms with Gasteiger partial charge in [-0.15, -0.1) is 0 Å². The van der Waals surface area contributed by atoms with E-state index in [2.05, 4.69) is 0 Å². The molecule has 0 radical (unpaired) electrons. The maximum absolute atomic E-state index is 11.5. The predicted octanol–water partition coefficient (Wildman–Crippen LogP) is 1.24. The fraction of sp³-hybridized carbons (Fsp3) is 0.500. The molecule has 0 aromatic carbocycles. The van der Waals surface area contributed by atoms with Gasteiger partial charge in [0.15, 0.2) is 0 Å². The van der Waals surface area contributed by atoms with Crippen LogP contribution in [0.15, 0.2) is 23.1 Å². The lowest BCUT2D eigenvalue weighted by molar-refractivity contribution is 0.132. The van der Waals surface area contributed by atoms with Gasteiger partial charge < -0.3 is 14.6 Å². The normalized spacial score (nSPS) is 17.1. The Balaban J connectivity index is 2.08. The fourth-order valence-corrected chi connectivity index (χ4v) is 2.22. The Bertz CT molecular complexity index is 473. The van der Waals surface area contributed by atoms with E-state index in [-0.39, 0.29) is 5.56 Å². The van der Waals surface area contributed by atoms with Crippen LogP contribution < -0.4 is 5.56 Å². The minimum Gasteiger partial charge on any atom is -0.465 e. The first-order valence-electron chi connectivity index (χ1n) is 5.72. The summed E-state index contributed by atoms with van der Waals surface area (Å²) < 4.78 is 1.54. The van der Waals surface area contributed by atoms with Gasteiger partial charge in [0.25, 0.3) is 5.56 Å². The number of likely N-dealkylation sites (tertiary alicyclic amines) is 1. The van der Waals surface area contributed by atoms with Gasteiger partial charge in [-0.1, -0.05) is 0 Å². The molecule has 1 aliphatic heterocycles. The van der Waals surface area contributed by atoms with E-state index in [4.69, 9.17) is 5.11 Å². The summed E-state index contributed by atoms with van der Waals surface area (Å²) in [5.41, 5.74) is 1.02. The predicted molar refractivity (Wildman–Crippen MR) is 63.3 cm³/mol. The zero-order chi connectivity index (χ0) is 12.4. The highest BCUT2D eigenvalue weighted by atomic mass is 16.4.